The summed E-state index contributed by atoms with van der Waals surface area (Å²) < 4.78 is 0. The fraction of sp³-hybridized carbons (Fsp3) is 0.250. The van der Waals surface area contributed by atoms with Crippen LogP contribution >= 0.6 is 0 Å². The first-order chi connectivity index (χ1) is 11.5. The van der Waals surface area contributed by atoms with Gasteiger partial charge in [-0.05, 0) is 57.4 Å². The highest BCUT2D eigenvalue weighted by molar-refractivity contribution is 6.00. The quantitative estimate of drug-likeness (QED) is 0.459. The predicted molar refractivity (Wildman–Crippen MR) is 105 cm³/mol. The molecule has 0 fully saturated rings. The van der Waals surface area contributed by atoms with E-state index in [0.29, 0.717) is 0 Å². The maximum Gasteiger partial charge on any atom is -0.00496 e. The van der Waals surface area contributed by atoms with Crippen LogP contribution in [0.25, 0.3) is 27.5 Å². The minimum atomic E-state index is 0.221. The lowest BCUT2D eigenvalue weighted by molar-refractivity contribution is 0.496. The minimum absolute atomic E-state index is 0.221. The molecule has 0 unspecified atom stereocenters. The molecule has 24 heavy (non-hydrogen) atoms. The third-order valence-electron chi connectivity index (χ3n) is 5.33. The molecule has 0 heterocycles. The molecule has 0 N–H and O–H groups in total. The highest BCUT2D eigenvalue weighted by Gasteiger charge is 2.28. The van der Waals surface area contributed by atoms with Gasteiger partial charge in [0.25, 0.3) is 0 Å². The van der Waals surface area contributed by atoms with E-state index in [-0.39, 0.29) is 5.41 Å². The van der Waals surface area contributed by atoms with Gasteiger partial charge in [0.2, 0.25) is 0 Å². The second-order valence-corrected chi connectivity index (χ2v) is 7.90. The van der Waals surface area contributed by atoms with E-state index in [1.165, 1.54) is 38.6 Å². The van der Waals surface area contributed by atoms with Gasteiger partial charge in [-0.2, -0.15) is 0 Å². The van der Waals surface area contributed by atoms with E-state index in [1.807, 2.05) is 0 Å². The highest BCUT2D eigenvalue weighted by Crippen LogP contribution is 2.46. The molecule has 0 saturated carbocycles. The first-order valence-corrected chi connectivity index (χ1v) is 8.77. The van der Waals surface area contributed by atoms with Crippen LogP contribution in [0.4, 0.5) is 0 Å². The topological polar surface area (TPSA) is 0 Å². The minimum Gasteiger partial charge on any atom is -0.0616 e. The monoisotopic (exact) mass is 312 g/mol. The molecule has 4 rings (SSSR count). The van der Waals surface area contributed by atoms with Crippen molar-refractivity contribution in [3.05, 3.63) is 77.4 Å². The van der Waals surface area contributed by atoms with Gasteiger partial charge in [0, 0.05) is 0 Å². The number of hydrogen-bond acceptors (Lipinski definition) is 0. The summed E-state index contributed by atoms with van der Waals surface area (Å²) in [4.78, 5) is 0. The lowest BCUT2D eigenvalue weighted by atomic mass is 9.83. The number of allylic oxidation sites excluding steroid dienone is 2. The summed E-state index contributed by atoms with van der Waals surface area (Å²) >= 11 is 0. The lowest BCUT2D eigenvalue weighted by Crippen LogP contribution is -2.09. The molecule has 0 spiro atoms. The second kappa shape index (κ2) is 5.34. The van der Waals surface area contributed by atoms with Crippen LogP contribution in [0, 0.1) is 5.41 Å². The SMILES string of the molecule is CC1=C(C(C)(C)C)Cc2cccc(-c3cccc4ccccc34)c21. The zero-order valence-electron chi connectivity index (χ0n) is 15.0. The van der Waals surface area contributed by atoms with Gasteiger partial charge in [0.1, 0.15) is 0 Å². The van der Waals surface area contributed by atoms with Crippen molar-refractivity contribution in [2.45, 2.75) is 34.1 Å². The molecule has 0 radical (unpaired) electrons. The maximum absolute atomic E-state index is 2.33. The smallest absolute Gasteiger partial charge is 0.00496 e. The Morgan fingerprint density at radius 1 is 0.750 bits per heavy atom. The predicted octanol–water partition coefficient (Wildman–Crippen LogP) is 6.88. The Balaban J connectivity index is 2.00. The van der Waals surface area contributed by atoms with Gasteiger partial charge in [-0.25, -0.2) is 0 Å². The summed E-state index contributed by atoms with van der Waals surface area (Å²) in [5, 5.41) is 2.65. The Kier molecular flexibility index (Phi) is 3.38. The van der Waals surface area contributed by atoms with Crippen LogP contribution < -0.4 is 0 Å². The van der Waals surface area contributed by atoms with Crippen LogP contribution in [0.15, 0.2) is 66.2 Å². The second-order valence-electron chi connectivity index (χ2n) is 7.90. The number of benzene rings is 3. The lowest BCUT2D eigenvalue weighted by Gasteiger charge is -2.22. The van der Waals surface area contributed by atoms with E-state index in [1.54, 1.807) is 5.57 Å². The first kappa shape index (κ1) is 15.2. The van der Waals surface area contributed by atoms with Crippen molar-refractivity contribution in [1.29, 1.82) is 0 Å². The maximum atomic E-state index is 2.33. The molecule has 0 aromatic heterocycles. The average Bonchev–Trinajstić information content (AvgIpc) is 2.92. The Hall–Kier alpha value is -2.34. The molecule has 0 nitrogen and oxygen atoms in total. The largest absolute Gasteiger partial charge is 0.0616 e. The van der Waals surface area contributed by atoms with Crippen molar-refractivity contribution in [1.82, 2.24) is 0 Å². The zero-order valence-corrected chi connectivity index (χ0v) is 15.0. The third kappa shape index (κ3) is 2.29. The summed E-state index contributed by atoms with van der Waals surface area (Å²) in [5.41, 5.74) is 8.92. The van der Waals surface area contributed by atoms with Gasteiger partial charge in [-0.15, -0.1) is 0 Å². The van der Waals surface area contributed by atoms with E-state index in [4.69, 9.17) is 0 Å². The molecule has 0 bridgehead atoms. The van der Waals surface area contributed by atoms with E-state index >= 15 is 0 Å². The van der Waals surface area contributed by atoms with Crippen molar-refractivity contribution in [3.8, 4) is 11.1 Å². The highest BCUT2D eigenvalue weighted by atomic mass is 14.3. The zero-order chi connectivity index (χ0) is 16.9. The molecule has 3 aromatic carbocycles. The van der Waals surface area contributed by atoms with Crippen molar-refractivity contribution < 1.29 is 0 Å². The van der Waals surface area contributed by atoms with Crippen LogP contribution in [-0.2, 0) is 6.42 Å². The Morgan fingerprint density at radius 3 is 2.21 bits per heavy atom. The third-order valence-corrected chi connectivity index (χ3v) is 5.33. The molecule has 3 aromatic rings. The van der Waals surface area contributed by atoms with Crippen molar-refractivity contribution in [3.63, 3.8) is 0 Å². The fourth-order valence-electron chi connectivity index (χ4n) is 4.18. The summed E-state index contributed by atoms with van der Waals surface area (Å²) in [7, 11) is 0. The number of rotatable bonds is 1. The van der Waals surface area contributed by atoms with Gasteiger partial charge in [0.05, 0.1) is 0 Å². The van der Waals surface area contributed by atoms with Crippen LogP contribution in [0.3, 0.4) is 0 Å². The molecule has 1 aliphatic carbocycles. The van der Waals surface area contributed by atoms with Gasteiger partial charge in [-0.1, -0.05) is 87.0 Å². The van der Waals surface area contributed by atoms with Crippen molar-refractivity contribution in [2.24, 2.45) is 5.41 Å². The summed E-state index contributed by atoms with van der Waals surface area (Å²) in [6.45, 7) is 9.29. The van der Waals surface area contributed by atoms with E-state index in [0.717, 1.165) is 6.42 Å². The van der Waals surface area contributed by atoms with Crippen LogP contribution in [0.1, 0.15) is 38.8 Å². The molecule has 0 atom stereocenters. The molecule has 120 valence electrons. The van der Waals surface area contributed by atoms with E-state index in [9.17, 15) is 0 Å². The Bertz CT molecular complexity index is 959. The van der Waals surface area contributed by atoms with Crippen LogP contribution in [0.2, 0.25) is 0 Å². The van der Waals surface area contributed by atoms with E-state index < -0.39 is 0 Å². The van der Waals surface area contributed by atoms with Gasteiger partial charge < -0.3 is 0 Å². The molecular weight excluding hydrogens is 288 g/mol. The van der Waals surface area contributed by atoms with Crippen LogP contribution in [-0.4, -0.2) is 0 Å². The molecular formula is C24H24. The fourth-order valence-corrected chi connectivity index (χ4v) is 4.18. The van der Waals surface area contributed by atoms with Gasteiger partial charge in [-0.3, -0.25) is 0 Å². The van der Waals surface area contributed by atoms with Crippen molar-refractivity contribution >= 4 is 16.3 Å². The van der Waals surface area contributed by atoms with Gasteiger partial charge in [0.15, 0.2) is 0 Å². The summed E-state index contributed by atoms with van der Waals surface area (Å²) in [6.07, 6.45) is 1.09. The van der Waals surface area contributed by atoms with E-state index in [2.05, 4.69) is 88.4 Å². The van der Waals surface area contributed by atoms with Crippen LogP contribution in [0.5, 0.6) is 0 Å². The first-order valence-electron chi connectivity index (χ1n) is 8.77. The number of hydrogen-bond donors (Lipinski definition) is 0. The van der Waals surface area contributed by atoms with Crippen molar-refractivity contribution in [2.75, 3.05) is 0 Å². The summed E-state index contributed by atoms with van der Waals surface area (Å²) in [5.74, 6) is 0. The molecule has 1 aliphatic rings. The molecule has 0 aliphatic heterocycles. The Morgan fingerprint density at radius 2 is 1.42 bits per heavy atom. The normalized spacial score (nSPS) is 14.3. The van der Waals surface area contributed by atoms with Gasteiger partial charge >= 0.3 is 0 Å². The number of fused-ring (bicyclic) bond motifs is 2. The molecule has 0 amide bonds. The standard InChI is InChI=1S/C24H24/c1-16-22(24(2,3)4)15-18-11-8-14-21(23(16)18)20-13-7-10-17-9-5-6-12-19(17)20/h5-14H,15H2,1-4H3. The Labute approximate surface area is 144 Å². The summed E-state index contributed by atoms with van der Waals surface area (Å²) in [6, 6.07) is 22.1. The molecule has 0 saturated heterocycles. The molecule has 0 heteroatoms. The average molecular weight is 312 g/mol.